The van der Waals surface area contributed by atoms with Gasteiger partial charge in [-0.15, -0.1) is 0 Å². The van der Waals surface area contributed by atoms with Crippen molar-refractivity contribution < 1.29 is 13.2 Å². The van der Waals surface area contributed by atoms with Crippen LogP contribution in [-0.2, 0) is 10.0 Å². The van der Waals surface area contributed by atoms with Gasteiger partial charge in [0.2, 0.25) is 10.0 Å². The zero-order valence-corrected chi connectivity index (χ0v) is 11.1. The molecule has 0 heterocycles. The molecule has 0 saturated heterocycles. The van der Waals surface area contributed by atoms with Crippen LogP contribution in [0.15, 0.2) is 24.3 Å². The molecule has 17 heavy (non-hydrogen) atoms. The number of hydrogen-bond acceptors (Lipinski definition) is 3. The highest BCUT2D eigenvalue weighted by Crippen LogP contribution is 2.11. The van der Waals surface area contributed by atoms with E-state index in [-0.39, 0.29) is 5.75 Å². The van der Waals surface area contributed by atoms with Crippen LogP contribution in [0.1, 0.15) is 18.9 Å². The van der Waals surface area contributed by atoms with Gasteiger partial charge in [-0.3, -0.25) is 0 Å². The van der Waals surface area contributed by atoms with Crippen molar-refractivity contribution in [1.29, 1.82) is 0 Å². The molecule has 0 saturated carbocycles. The van der Waals surface area contributed by atoms with Crippen molar-refractivity contribution in [1.82, 2.24) is 4.72 Å². The van der Waals surface area contributed by atoms with Gasteiger partial charge in [-0.05, 0) is 31.0 Å². The molecular formula is C12H19NO3S. The zero-order valence-electron chi connectivity index (χ0n) is 10.3. The van der Waals surface area contributed by atoms with E-state index in [0.717, 1.165) is 11.3 Å². The molecule has 1 aromatic carbocycles. The summed E-state index contributed by atoms with van der Waals surface area (Å²) in [5, 5.41) is 0. The van der Waals surface area contributed by atoms with E-state index >= 15 is 0 Å². The number of hydrogen-bond donors (Lipinski definition) is 1. The van der Waals surface area contributed by atoms with Crippen LogP contribution in [0.25, 0.3) is 0 Å². The summed E-state index contributed by atoms with van der Waals surface area (Å²) in [7, 11) is -3.12. The van der Waals surface area contributed by atoms with Gasteiger partial charge >= 0.3 is 0 Å². The van der Waals surface area contributed by atoms with Crippen molar-refractivity contribution in [3.8, 4) is 5.75 Å². The number of nitrogens with one attached hydrogen (secondary N) is 1. The van der Waals surface area contributed by atoms with Gasteiger partial charge in [0.1, 0.15) is 12.4 Å². The van der Waals surface area contributed by atoms with E-state index in [1.54, 1.807) is 0 Å². The molecule has 1 rings (SSSR count). The lowest BCUT2D eigenvalue weighted by atomic mass is 10.2. The van der Waals surface area contributed by atoms with Crippen LogP contribution in [0.4, 0.5) is 0 Å². The molecule has 0 radical (unpaired) electrons. The van der Waals surface area contributed by atoms with Crippen LogP contribution in [0.5, 0.6) is 5.75 Å². The van der Waals surface area contributed by atoms with E-state index in [0.29, 0.717) is 19.6 Å². The summed E-state index contributed by atoms with van der Waals surface area (Å²) in [6.07, 6.45) is 0.619. The van der Waals surface area contributed by atoms with E-state index in [9.17, 15) is 8.42 Å². The summed E-state index contributed by atoms with van der Waals surface area (Å²) in [5.74, 6) is 0.928. The first-order chi connectivity index (χ1) is 8.03. The number of aryl methyl sites for hydroxylation is 1. The van der Waals surface area contributed by atoms with Gasteiger partial charge in [-0.25, -0.2) is 13.1 Å². The molecule has 0 amide bonds. The number of sulfonamides is 1. The molecule has 0 aliphatic rings. The van der Waals surface area contributed by atoms with Gasteiger partial charge in [0, 0.05) is 6.54 Å². The summed E-state index contributed by atoms with van der Waals surface area (Å²) < 4.78 is 30.6. The first-order valence-corrected chi connectivity index (χ1v) is 7.35. The third kappa shape index (κ3) is 5.70. The summed E-state index contributed by atoms with van der Waals surface area (Å²) >= 11 is 0. The Morgan fingerprint density at radius 2 is 2.12 bits per heavy atom. The molecule has 0 unspecified atom stereocenters. The number of rotatable bonds is 7. The Kier molecular flexibility index (Phi) is 5.44. The topological polar surface area (TPSA) is 55.4 Å². The lowest BCUT2D eigenvalue weighted by Gasteiger charge is -2.08. The molecule has 4 nitrogen and oxygen atoms in total. The van der Waals surface area contributed by atoms with Gasteiger partial charge < -0.3 is 4.74 Å². The monoisotopic (exact) mass is 257 g/mol. The van der Waals surface area contributed by atoms with Crippen LogP contribution in [0.3, 0.4) is 0 Å². The molecule has 1 aromatic rings. The number of ether oxygens (including phenoxy) is 1. The molecule has 96 valence electrons. The van der Waals surface area contributed by atoms with Crippen molar-refractivity contribution in [3.63, 3.8) is 0 Å². The minimum atomic E-state index is -3.12. The second-order valence-electron chi connectivity index (χ2n) is 3.88. The van der Waals surface area contributed by atoms with Crippen molar-refractivity contribution in [3.05, 3.63) is 29.8 Å². The zero-order chi connectivity index (χ0) is 12.7. The Bertz CT molecular complexity index is 443. The molecule has 0 aliphatic heterocycles. The van der Waals surface area contributed by atoms with E-state index in [1.807, 2.05) is 38.1 Å². The van der Waals surface area contributed by atoms with Crippen LogP contribution < -0.4 is 9.46 Å². The molecule has 0 aromatic heterocycles. The predicted octanol–water partition coefficient (Wildman–Crippen LogP) is 1.70. The summed E-state index contributed by atoms with van der Waals surface area (Å²) in [6.45, 7) is 4.46. The second-order valence-corrected chi connectivity index (χ2v) is 5.80. The summed E-state index contributed by atoms with van der Waals surface area (Å²) in [6, 6.07) is 7.66. The fourth-order valence-electron chi connectivity index (χ4n) is 1.41. The van der Waals surface area contributed by atoms with Crippen molar-refractivity contribution in [2.45, 2.75) is 20.3 Å². The Labute approximate surface area is 103 Å². The SMILES string of the molecule is CCCS(=O)(=O)NCCOc1cccc(C)c1. The van der Waals surface area contributed by atoms with Crippen LogP contribution in [0.2, 0.25) is 0 Å². The molecule has 0 atom stereocenters. The van der Waals surface area contributed by atoms with Crippen LogP contribution in [0, 0.1) is 6.92 Å². The molecule has 1 N–H and O–H groups in total. The third-order valence-corrected chi connectivity index (χ3v) is 3.74. The molecule has 0 fully saturated rings. The molecular weight excluding hydrogens is 238 g/mol. The fourth-order valence-corrected chi connectivity index (χ4v) is 2.49. The molecule has 0 spiro atoms. The van der Waals surface area contributed by atoms with Gasteiger partial charge in [0.05, 0.1) is 5.75 Å². The number of benzene rings is 1. The first kappa shape index (κ1) is 14.0. The van der Waals surface area contributed by atoms with Gasteiger partial charge in [-0.2, -0.15) is 0 Å². The highest BCUT2D eigenvalue weighted by atomic mass is 32.2. The lowest BCUT2D eigenvalue weighted by molar-refractivity contribution is 0.322. The maximum absolute atomic E-state index is 11.3. The molecule has 0 bridgehead atoms. The highest BCUT2D eigenvalue weighted by Gasteiger charge is 2.06. The minimum absolute atomic E-state index is 0.164. The largest absolute Gasteiger partial charge is 0.492 e. The van der Waals surface area contributed by atoms with Crippen LogP contribution in [-0.4, -0.2) is 27.3 Å². The average molecular weight is 257 g/mol. The highest BCUT2D eigenvalue weighted by molar-refractivity contribution is 7.89. The van der Waals surface area contributed by atoms with Crippen LogP contribution >= 0.6 is 0 Å². The summed E-state index contributed by atoms with van der Waals surface area (Å²) in [5.41, 5.74) is 1.12. The van der Waals surface area contributed by atoms with E-state index in [4.69, 9.17) is 4.74 Å². The van der Waals surface area contributed by atoms with Gasteiger partial charge in [0.15, 0.2) is 0 Å². The Morgan fingerprint density at radius 1 is 1.35 bits per heavy atom. The molecule has 0 aliphatic carbocycles. The lowest BCUT2D eigenvalue weighted by Crippen LogP contribution is -2.30. The predicted molar refractivity (Wildman–Crippen MR) is 68.8 cm³/mol. The first-order valence-electron chi connectivity index (χ1n) is 5.70. The standard InChI is InChI=1S/C12H19NO3S/c1-3-9-17(14,15)13-7-8-16-12-6-4-5-11(2)10-12/h4-6,10,13H,3,7-9H2,1-2H3. The maximum atomic E-state index is 11.3. The average Bonchev–Trinajstić information content (AvgIpc) is 2.24. The van der Waals surface area contributed by atoms with E-state index < -0.39 is 10.0 Å². The third-order valence-electron chi connectivity index (χ3n) is 2.16. The quantitative estimate of drug-likeness (QED) is 0.756. The normalized spacial score (nSPS) is 11.4. The van der Waals surface area contributed by atoms with Crippen molar-refractivity contribution in [2.75, 3.05) is 18.9 Å². The second kappa shape index (κ2) is 6.61. The fraction of sp³-hybridized carbons (Fsp3) is 0.500. The Morgan fingerprint density at radius 3 is 2.76 bits per heavy atom. The van der Waals surface area contributed by atoms with E-state index in [1.165, 1.54) is 0 Å². The smallest absolute Gasteiger partial charge is 0.211 e. The Hall–Kier alpha value is -1.07. The molecule has 5 heteroatoms. The minimum Gasteiger partial charge on any atom is -0.492 e. The van der Waals surface area contributed by atoms with Gasteiger partial charge in [-0.1, -0.05) is 19.1 Å². The van der Waals surface area contributed by atoms with Gasteiger partial charge in [0.25, 0.3) is 0 Å². The van der Waals surface area contributed by atoms with Crippen molar-refractivity contribution >= 4 is 10.0 Å². The van der Waals surface area contributed by atoms with E-state index in [2.05, 4.69) is 4.72 Å². The summed E-state index contributed by atoms with van der Waals surface area (Å²) in [4.78, 5) is 0. The van der Waals surface area contributed by atoms with Crippen molar-refractivity contribution in [2.24, 2.45) is 0 Å². The maximum Gasteiger partial charge on any atom is 0.211 e. The Balaban J connectivity index is 2.29.